The van der Waals surface area contributed by atoms with E-state index in [-0.39, 0.29) is 5.69 Å². The maximum absolute atomic E-state index is 10.8. The number of thiophene rings is 1. The Morgan fingerprint density at radius 2 is 2.31 bits per heavy atom. The lowest BCUT2D eigenvalue weighted by Gasteiger charge is -2.03. The number of hydrogen-bond acceptors (Lipinski definition) is 5. The number of carboxylic acids is 1. The summed E-state index contributed by atoms with van der Waals surface area (Å²) in [7, 11) is 0. The van der Waals surface area contributed by atoms with Crippen LogP contribution >= 0.6 is 11.3 Å². The summed E-state index contributed by atoms with van der Waals surface area (Å²) in [5.74, 6) is -0.750. The van der Waals surface area contributed by atoms with Gasteiger partial charge < -0.3 is 10.4 Å². The summed E-state index contributed by atoms with van der Waals surface area (Å²) in [5.41, 5.74) is 0.609. The van der Waals surface area contributed by atoms with Crippen LogP contribution in [0, 0.1) is 6.92 Å². The summed E-state index contributed by atoms with van der Waals surface area (Å²) in [5, 5.41) is 14.6. The molecule has 0 saturated heterocycles. The number of aromatic carboxylic acids is 1. The van der Waals surface area contributed by atoms with E-state index in [2.05, 4.69) is 15.3 Å². The molecule has 2 aromatic rings. The van der Waals surface area contributed by atoms with E-state index in [0.717, 1.165) is 5.00 Å². The van der Waals surface area contributed by atoms with Gasteiger partial charge in [0.2, 0.25) is 5.95 Å². The molecule has 0 aliphatic heterocycles. The molecule has 6 heteroatoms. The normalized spacial score (nSPS) is 10.1. The lowest BCUT2D eigenvalue weighted by atomic mass is 10.3. The maximum atomic E-state index is 10.8. The Hall–Kier alpha value is -1.95. The number of aryl methyl sites for hydroxylation is 1. The first-order chi connectivity index (χ1) is 7.65. The van der Waals surface area contributed by atoms with Crippen molar-refractivity contribution in [3.63, 3.8) is 0 Å². The molecule has 5 nitrogen and oxygen atoms in total. The highest BCUT2D eigenvalue weighted by Crippen LogP contribution is 2.19. The van der Waals surface area contributed by atoms with Gasteiger partial charge in [0.15, 0.2) is 5.69 Å². The number of anilines is 2. The fourth-order valence-electron chi connectivity index (χ4n) is 1.19. The first-order valence-electron chi connectivity index (χ1n) is 4.54. The van der Waals surface area contributed by atoms with E-state index in [1.807, 2.05) is 17.5 Å². The number of hydrogen-bond donors (Lipinski definition) is 2. The quantitative estimate of drug-likeness (QED) is 0.853. The monoisotopic (exact) mass is 235 g/mol. The summed E-state index contributed by atoms with van der Waals surface area (Å²) in [6.07, 6.45) is 0. The van der Waals surface area contributed by atoms with Gasteiger partial charge in [0.05, 0.1) is 5.00 Å². The summed E-state index contributed by atoms with van der Waals surface area (Å²) >= 11 is 1.50. The molecule has 0 aliphatic rings. The van der Waals surface area contributed by atoms with E-state index in [0.29, 0.717) is 11.6 Å². The summed E-state index contributed by atoms with van der Waals surface area (Å²) in [6, 6.07) is 5.19. The van der Waals surface area contributed by atoms with Crippen molar-refractivity contribution in [2.45, 2.75) is 6.92 Å². The molecule has 0 radical (unpaired) electrons. The third kappa shape index (κ3) is 2.34. The van der Waals surface area contributed by atoms with Gasteiger partial charge >= 0.3 is 5.97 Å². The van der Waals surface area contributed by atoms with Gasteiger partial charge in [-0.2, -0.15) is 0 Å². The Bertz CT molecular complexity index is 511. The summed E-state index contributed by atoms with van der Waals surface area (Å²) in [4.78, 5) is 18.8. The first kappa shape index (κ1) is 10.6. The molecule has 82 valence electrons. The van der Waals surface area contributed by atoms with Gasteiger partial charge in [-0.05, 0) is 30.5 Å². The van der Waals surface area contributed by atoms with Gasteiger partial charge in [-0.15, -0.1) is 11.3 Å². The van der Waals surface area contributed by atoms with E-state index < -0.39 is 5.97 Å². The van der Waals surface area contributed by atoms with Gasteiger partial charge in [-0.1, -0.05) is 0 Å². The SMILES string of the molecule is Cc1cc(C(=O)O)nc(Nc2cccs2)n1. The molecular formula is C10H9N3O2S. The van der Waals surface area contributed by atoms with Crippen LogP contribution < -0.4 is 5.32 Å². The molecule has 2 N–H and O–H groups in total. The molecule has 0 unspecified atom stereocenters. The standard InChI is InChI=1S/C10H9N3O2S/c1-6-5-7(9(14)15)12-10(11-6)13-8-3-2-4-16-8/h2-5H,1H3,(H,14,15)(H,11,12,13). The number of carboxylic acid groups (broad SMARTS) is 1. The Balaban J connectivity index is 2.31. The zero-order valence-electron chi connectivity index (χ0n) is 8.47. The minimum absolute atomic E-state index is 0.00782. The van der Waals surface area contributed by atoms with Crippen molar-refractivity contribution in [1.82, 2.24) is 9.97 Å². The van der Waals surface area contributed by atoms with Crippen molar-refractivity contribution >= 4 is 28.3 Å². The van der Waals surface area contributed by atoms with Gasteiger partial charge in [0, 0.05) is 5.69 Å². The average Bonchev–Trinajstić information content (AvgIpc) is 2.69. The Morgan fingerprint density at radius 3 is 2.94 bits per heavy atom. The van der Waals surface area contributed by atoms with Crippen LogP contribution in [0.5, 0.6) is 0 Å². The van der Waals surface area contributed by atoms with Gasteiger partial charge in [-0.25, -0.2) is 14.8 Å². The van der Waals surface area contributed by atoms with Crippen LogP contribution in [0.1, 0.15) is 16.2 Å². The zero-order valence-corrected chi connectivity index (χ0v) is 9.28. The fraction of sp³-hybridized carbons (Fsp3) is 0.100. The number of aromatic nitrogens is 2. The molecule has 2 rings (SSSR count). The van der Waals surface area contributed by atoms with E-state index in [4.69, 9.17) is 5.11 Å². The minimum atomic E-state index is -1.06. The molecule has 16 heavy (non-hydrogen) atoms. The van der Waals surface area contributed by atoms with Crippen molar-refractivity contribution in [2.24, 2.45) is 0 Å². The van der Waals surface area contributed by atoms with Gasteiger partial charge in [0.1, 0.15) is 0 Å². The molecule has 0 atom stereocenters. The predicted molar refractivity (Wildman–Crippen MR) is 61.3 cm³/mol. The first-order valence-corrected chi connectivity index (χ1v) is 5.42. The Morgan fingerprint density at radius 1 is 1.50 bits per heavy atom. The largest absolute Gasteiger partial charge is 0.477 e. The average molecular weight is 235 g/mol. The number of nitrogens with one attached hydrogen (secondary N) is 1. The third-order valence-electron chi connectivity index (χ3n) is 1.83. The molecule has 0 saturated carbocycles. The van der Waals surface area contributed by atoms with Crippen molar-refractivity contribution in [2.75, 3.05) is 5.32 Å². The number of carbonyl (C=O) groups is 1. The highest BCUT2D eigenvalue weighted by molar-refractivity contribution is 7.14. The molecule has 0 aliphatic carbocycles. The lowest BCUT2D eigenvalue weighted by molar-refractivity contribution is 0.0690. The molecule has 0 fully saturated rings. The van der Waals surface area contributed by atoms with Crippen molar-refractivity contribution < 1.29 is 9.90 Å². The maximum Gasteiger partial charge on any atom is 0.354 e. The molecule has 2 aromatic heterocycles. The van der Waals surface area contributed by atoms with Crippen LogP contribution in [0.15, 0.2) is 23.6 Å². The highest BCUT2D eigenvalue weighted by Gasteiger charge is 2.08. The zero-order chi connectivity index (χ0) is 11.5. The molecule has 0 amide bonds. The summed E-state index contributed by atoms with van der Waals surface area (Å²) < 4.78 is 0. The van der Waals surface area contributed by atoms with Crippen LogP contribution in [0.3, 0.4) is 0 Å². The predicted octanol–water partition coefficient (Wildman–Crippen LogP) is 2.29. The Labute approximate surface area is 95.8 Å². The van der Waals surface area contributed by atoms with Crippen LogP contribution in [0.25, 0.3) is 0 Å². The van der Waals surface area contributed by atoms with Crippen molar-refractivity contribution in [1.29, 1.82) is 0 Å². The summed E-state index contributed by atoms with van der Waals surface area (Å²) in [6.45, 7) is 1.73. The lowest BCUT2D eigenvalue weighted by Crippen LogP contribution is -2.05. The fourth-order valence-corrected chi connectivity index (χ4v) is 1.80. The van der Waals surface area contributed by atoms with Crippen molar-refractivity contribution in [3.8, 4) is 0 Å². The molecular weight excluding hydrogens is 226 g/mol. The number of rotatable bonds is 3. The second kappa shape index (κ2) is 4.28. The second-order valence-corrected chi connectivity index (χ2v) is 4.07. The Kier molecular flexibility index (Phi) is 2.82. The van der Waals surface area contributed by atoms with E-state index in [9.17, 15) is 4.79 Å². The number of nitrogens with zero attached hydrogens (tertiary/aromatic N) is 2. The molecule has 0 aromatic carbocycles. The van der Waals surface area contributed by atoms with Crippen molar-refractivity contribution in [3.05, 3.63) is 35.0 Å². The van der Waals surface area contributed by atoms with E-state index >= 15 is 0 Å². The second-order valence-electron chi connectivity index (χ2n) is 3.13. The smallest absolute Gasteiger partial charge is 0.354 e. The highest BCUT2D eigenvalue weighted by atomic mass is 32.1. The van der Waals surface area contributed by atoms with Crippen LogP contribution in [-0.2, 0) is 0 Å². The van der Waals surface area contributed by atoms with E-state index in [1.165, 1.54) is 17.4 Å². The van der Waals surface area contributed by atoms with E-state index in [1.54, 1.807) is 6.92 Å². The molecule has 0 spiro atoms. The van der Waals surface area contributed by atoms with Crippen LogP contribution in [0.2, 0.25) is 0 Å². The topological polar surface area (TPSA) is 75.1 Å². The molecule has 2 heterocycles. The molecule has 0 bridgehead atoms. The van der Waals surface area contributed by atoms with Crippen LogP contribution in [0.4, 0.5) is 10.9 Å². The van der Waals surface area contributed by atoms with Gasteiger partial charge in [0.25, 0.3) is 0 Å². The third-order valence-corrected chi connectivity index (χ3v) is 2.61. The van der Waals surface area contributed by atoms with Crippen LogP contribution in [-0.4, -0.2) is 21.0 Å². The minimum Gasteiger partial charge on any atom is -0.477 e. The van der Waals surface area contributed by atoms with Gasteiger partial charge in [-0.3, -0.25) is 0 Å².